The van der Waals surface area contributed by atoms with Gasteiger partial charge < -0.3 is 5.73 Å². The fourth-order valence-corrected chi connectivity index (χ4v) is 1.39. The largest absolute Gasteiger partial charge is 0.362 e. The van der Waals surface area contributed by atoms with Crippen LogP contribution in [0.5, 0.6) is 0 Å². The van der Waals surface area contributed by atoms with Crippen LogP contribution < -0.4 is 5.73 Å². The Kier molecular flexibility index (Phi) is 4.05. The first-order valence-electron chi connectivity index (χ1n) is 3.46. The number of carbonyl (C=O) groups excluding carboxylic acids is 1. The number of nitrogens with zero attached hydrogens (tertiary/aromatic N) is 1. The number of nitrogens with two attached hydrogens (primary N) is 1. The maximum absolute atomic E-state index is 10.9. The van der Waals surface area contributed by atoms with Gasteiger partial charge in [0.1, 0.15) is 0 Å². The predicted molar refractivity (Wildman–Crippen MR) is 47.1 cm³/mol. The molecule has 0 rings (SSSR count). The van der Waals surface area contributed by atoms with E-state index < -0.39 is 22.3 Å². The van der Waals surface area contributed by atoms with Gasteiger partial charge in [0.2, 0.25) is 0 Å². The van der Waals surface area contributed by atoms with Crippen molar-refractivity contribution in [2.24, 2.45) is 5.73 Å². The maximum atomic E-state index is 10.9. The third-order valence-electron chi connectivity index (χ3n) is 1.15. The highest BCUT2D eigenvalue weighted by atomic mass is 32.2. The Bertz CT molecular complexity index is 296. The van der Waals surface area contributed by atoms with E-state index in [1.807, 2.05) is 0 Å². The van der Waals surface area contributed by atoms with E-state index in [2.05, 4.69) is 6.58 Å². The Hall–Kier alpha value is -0.920. The van der Waals surface area contributed by atoms with Gasteiger partial charge in [-0.05, 0) is 13.0 Å². The van der Waals surface area contributed by atoms with E-state index in [1.165, 1.54) is 6.92 Å². The fraction of sp³-hybridized carbons (Fsp3) is 0.500. The van der Waals surface area contributed by atoms with Crippen LogP contribution >= 0.6 is 0 Å². The lowest BCUT2D eigenvalue weighted by atomic mass is 10.3. The number of carbonyl (C=O) groups is 1. The Morgan fingerprint density at radius 2 is 2.23 bits per heavy atom. The SMILES string of the molecule is C=CC(=O)N(CC(C)N)S(=O)(=O)O. The Balaban J connectivity index is 4.77. The van der Waals surface area contributed by atoms with Crippen molar-refractivity contribution in [3.8, 4) is 0 Å². The molecule has 7 heteroatoms. The van der Waals surface area contributed by atoms with Crippen molar-refractivity contribution < 1.29 is 17.8 Å². The van der Waals surface area contributed by atoms with E-state index in [1.54, 1.807) is 0 Å². The van der Waals surface area contributed by atoms with E-state index in [0.717, 1.165) is 6.08 Å². The second-order valence-electron chi connectivity index (χ2n) is 2.53. The molecule has 3 N–H and O–H groups in total. The molecule has 1 atom stereocenters. The second-order valence-corrected chi connectivity index (χ2v) is 3.86. The number of amides is 1. The van der Waals surface area contributed by atoms with Crippen molar-refractivity contribution in [1.82, 2.24) is 4.31 Å². The van der Waals surface area contributed by atoms with Crippen molar-refractivity contribution in [2.75, 3.05) is 6.54 Å². The summed E-state index contributed by atoms with van der Waals surface area (Å²) in [5.41, 5.74) is 5.28. The molecule has 0 radical (unpaired) electrons. The van der Waals surface area contributed by atoms with Gasteiger partial charge >= 0.3 is 10.3 Å². The highest BCUT2D eigenvalue weighted by Crippen LogP contribution is 2.00. The summed E-state index contributed by atoms with van der Waals surface area (Å²) in [6, 6.07) is -0.550. The van der Waals surface area contributed by atoms with Crippen LogP contribution in [0.3, 0.4) is 0 Å². The van der Waals surface area contributed by atoms with E-state index in [0.29, 0.717) is 0 Å². The van der Waals surface area contributed by atoms with E-state index in [9.17, 15) is 13.2 Å². The maximum Gasteiger partial charge on any atom is 0.362 e. The Morgan fingerprint density at radius 1 is 1.77 bits per heavy atom. The first kappa shape index (κ1) is 12.1. The van der Waals surface area contributed by atoms with Crippen molar-refractivity contribution >= 4 is 16.2 Å². The smallest absolute Gasteiger partial charge is 0.326 e. The summed E-state index contributed by atoms with van der Waals surface area (Å²) in [6.07, 6.45) is 0.788. The Labute approximate surface area is 76.9 Å². The molecule has 76 valence electrons. The predicted octanol–water partition coefficient (Wildman–Crippen LogP) is -0.849. The molecule has 6 nitrogen and oxygen atoms in total. The number of hydrogen-bond donors (Lipinski definition) is 2. The fourth-order valence-electron chi connectivity index (χ4n) is 0.661. The zero-order valence-electron chi connectivity index (χ0n) is 7.17. The van der Waals surface area contributed by atoms with Crippen molar-refractivity contribution in [1.29, 1.82) is 0 Å². The number of hydrogen-bond acceptors (Lipinski definition) is 4. The average Bonchev–Trinajstić information content (AvgIpc) is 1.96. The second kappa shape index (κ2) is 4.35. The van der Waals surface area contributed by atoms with Gasteiger partial charge in [-0.2, -0.15) is 8.42 Å². The highest BCUT2D eigenvalue weighted by molar-refractivity contribution is 7.84. The van der Waals surface area contributed by atoms with Gasteiger partial charge in [0, 0.05) is 6.04 Å². The van der Waals surface area contributed by atoms with E-state index >= 15 is 0 Å². The third-order valence-corrected chi connectivity index (χ3v) is 2.04. The molecule has 0 fully saturated rings. The lowest BCUT2D eigenvalue weighted by molar-refractivity contribution is -0.121. The molecule has 0 heterocycles. The van der Waals surface area contributed by atoms with Crippen molar-refractivity contribution in [2.45, 2.75) is 13.0 Å². The standard InChI is InChI=1S/C6H12N2O4S/c1-3-6(9)8(4-5(2)7)13(10,11)12/h3,5H,1,4,7H2,2H3,(H,10,11,12). The van der Waals surface area contributed by atoms with Crippen LogP contribution in [0, 0.1) is 0 Å². The molecule has 0 aliphatic heterocycles. The van der Waals surface area contributed by atoms with Crippen LogP contribution in [0.2, 0.25) is 0 Å². The molecule has 0 aliphatic carbocycles. The van der Waals surface area contributed by atoms with Gasteiger partial charge in [0.25, 0.3) is 5.91 Å². The molecule has 1 amide bonds. The van der Waals surface area contributed by atoms with Crippen LogP contribution in [0.4, 0.5) is 0 Å². The molecule has 0 bridgehead atoms. The number of rotatable bonds is 4. The zero-order valence-corrected chi connectivity index (χ0v) is 7.99. The van der Waals surface area contributed by atoms with Gasteiger partial charge in [-0.25, -0.2) is 4.31 Å². The molecule has 0 saturated heterocycles. The first-order chi connectivity index (χ1) is 5.79. The minimum absolute atomic E-state index is 0.255. The Morgan fingerprint density at radius 3 is 2.46 bits per heavy atom. The van der Waals surface area contributed by atoms with Crippen LogP contribution in [-0.2, 0) is 15.1 Å². The van der Waals surface area contributed by atoms with E-state index in [4.69, 9.17) is 10.3 Å². The van der Waals surface area contributed by atoms with E-state index in [-0.39, 0.29) is 10.8 Å². The molecule has 0 aromatic carbocycles. The van der Waals surface area contributed by atoms with Gasteiger partial charge in [0.05, 0.1) is 6.54 Å². The summed E-state index contributed by atoms with van der Waals surface area (Å²) in [5.74, 6) is -0.903. The van der Waals surface area contributed by atoms with Crippen LogP contribution in [0.15, 0.2) is 12.7 Å². The molecule has 1 unspecified atom stereocenters. The monoisotopic (exact) mass is 208 g/mol. The molecule has 0 aromatic heterocycles. The normalized spacial score (nSPS) is 13.5. The molecule has 0 aliphatic rings. The summed E-state index contributed by atoms with van der Waals surface area (Å²) >= 11 is 0. The molecule has 13 heavy (non-hydrogen) atoms. The molecular formula is C6H12N2O4S. The van der Waals surface area contributed by atoms with Crippen LogP contribution in [0.1, 0.15) is 6.92 Å². The molecule has 0 saturated carbocycles. The van der Waals surface area contributed by atoms with Gasteiger partial charge in [-0.3, -0.25) is 9.35 Å². The quantitative estimate of drug-likeness (QED) is 0.463. The summed E-state index contributed by atoms with van der Waals surface area (Å²) in [4.78, 5) is 10.9. The molecule has 0 spiro atoms. The third kappa shape index (κ3) is 4.02. The lowest BCUT2D eigenvalue weighted by Crippen LogP contribution is -2.42. The zero-order chi connectivity index (χ0) is 10.6. The summed E-state index contributed by atoms with van der Waals surface area (Å²) in [5, 5.41) is 0. The van der Waals surface area contributed by atoms with Crippen molar-refractivity contribution in [3.05, 3.63) is 12.7 Å². The minimum Gasteiger partial charge on any atom is -0.326 e. The average molecular weight is 208 g/mol. The van der Waals surface area contributed by atoms with Crippen LogP contribution in [-0.4, -0.2) is 35.8 Å². The van der Waals surface area contributed by atoms with Gasteiger partial charge in [-0.15, -0.1) is 0 Å². The molecular weight excluding hydrogens is 196 g/mol. The van der Waals surface area contributed by atoms with Crippen LogP contribution in [0.25, 0.3) is 0 Å². The van der Waals surface area contributed by atoms with Crippen molar-refractivity contribution in [3.63, 3.8) is 0 Å². The molecule has 0 aromatic rings. The lowest BCUT2D eigenvalue weighted by Gasteiger charge is -2.18. The first-order valence-corrected chi connectivity index (χ1v) is 4.86. The highest BCUT2D eigenvalue weighted by Gasteiger charge is 2.23. The van der Waals surface area contributed by atoms with Gasteiger partial charge in [-0.1, -0.05) is 6.58 Å². The summed E-state index contributed by atoms with van der Waals surface area (Å²) in [7, 11) is -4.54. The summed E-state index contributed by atoms with van der Waals surface area (Å²) in [6.45, 7) is 4.33. The topological polar surface area (TPSA) is 101 Å². The minimum atomic E-state index is -4.54. The van der Waals surface area contributed by atoms with Gasteiger partial charge in [0.15, 0.2) is 0 Å². The summed E-state index contributed by atoms with van der Waals surface area (Å²) < 4.78 is 30.1.